The summed E-state index contributed by atoms with van der Waals surface area (Å²) in [6, 6.07) is 15.9. The zero-order chi connectivity index (χ0) is 20.1. The minimum atomic E-state index is -0.582. The zero-order valence-corrected chi connectivity index (χ0v) is 16.6. The first-order valence-electron chi connectivity index (χ1n) is 9.35. The first kappa shape index (κ1) is 20.2. The number of anilines is 1. The number of carbonyl (C=O) groups excluding carboxylic acids is 2. The number of piperazine rings is 1. The fourth-order valence-corrected chi connectivity index (χ4v) is 3.60. The molecule has 3 rings (SSSR count). The van der Waals surface area contributed by atoms with Crippen LogP contribution in [0.25, 0.3) is 0 Å². The van der Waals surface area contributed by atoms with E-state index in [2.05, 4.69) is 5.32 Å². The fraction of sp³-hybridized carbons (Fsp3) is 0.333. The van der Waals surface area contributed by atoms with Gasteiger partial charge in [0.05, 0.1) is 6.04 Å². The molecule has 1 aliphatic heterocycles. The Balaban J connectivity index is 1.55. The highest BCUT2D eigenvalue weighted by Gasteiger charge is 2.31. The van der Waals surface area contributed by atoms with Crippen LogP contribution >= 0.6 is 11.6 Å². The number of nitrogens with two attached hydrogens (primary N) is 1. The summed E-state index contributed by atoms with van der Waals surface area (Å²) < 4.78 is 0. The molecule has 0 spiro atoms. The molecule has 3 amide bonds. The van der Waals surface area contributed by atoms with Crippen molar-refractivity contribution in [3.05, 3.63) is 65.2 Å². The summed E-state index contributed by atoms with van der Waals surface area (Å²) in [4.78, 5) is 28.8. The van der Waals surface area contributed by atoms with Gasteiger partial charge in [0.15, 0.2) is 0 Å². The largest absolute Gasteiger partial charge is 0.338 e. The quantitative estimate of drug-likeness (QED) is 0.828. The van der Waals surface area contributed by atoms with E-state index in [1.807, 2.05) is 37.3 Å². The maximum atomic E-state index is 12.7. The smallest absolute Gasteiger partial charge is 0.322 e. The van der Waals surface area contributed by atoms with Crippen LogP contribution in [0.3, 0.4) is 0 Å². The zero-order valence-electron chi connectivity index (χ0n) is 15.8. The van der Waals surface area contributed by atoms with E-state index >= 15 is 0 Å². The average molecular weight is 401 g/mol. The molecule has 1 heterocycles. The first-order chi connectivity index (χ1) is 13.4. The van der Waals surface area contributed by atoms with Crippen molar-refractivity contribution < 1.29 is 9.59 Å². The molecular formula is C21H25ClN4O2. The molecule has 0 aromatic heterocycles. The van der Waals surface area contributed by atoms with E-state index in [4.69, 9.17) is 17.3 Å². The summed E-state index contributed by atoms with van der Waals surface area (Å²) in [7, 11) is 0. The average Bonchev–Trinajstić information content (AvgIpc) is 2.68. The van der Waals surface area contributed by atoms with E-state index in [9.17, 15) is 9.59 Å². The Bertz CT molecular complexity index is 830. The molecule has 28 heavy (non-hydrogen) atoms. The predicted octanol–water partition coefficient (Wildman–Crippen LogP) is 2.97. The fourth-order valence-electron chi connectivity index (χ4n) is 3.41. The van der Waals surface area contributed by atoms with Gasteiger partial charge in [-0.25, -0.2) is 4.79 Å². The molecule has 0 aliphatic carbocycles. The molecule has 1 fully saturated rings. The molecule has 2 aromatic rings. The number of halogens is 1. The maximum Gasteiger partial charge on any atom is 0.322 e. The predicted molar refractivity (Wildman–Crippen MR) is 111 cm³/mol. The van der Waals surface area contributed by atoms with Crippen LogP contribution in [-0.2, 0) is 11.2 Å². The van der Waals surface area contributed by atoms with Crippen LogP contribution in [0, 0.1) is 0 Å². The van der Waals surface area contributed by atoms with Gasteiger partial charge in [-0.15, -0.1) is 0 Å². The standard InChI is InChI=1S/C21H25ClN4O2/c1-15-14-25(20(27)19(23)12-16-6-3-2-4-7-16)10-11-26(15)21(28)24-18-9-5-8-17(22)13-18/h2-9,13,15,19H,10-12,14,23H2,1H3,(H,24,28)/t15-,19+/m0/s1. The Labute approximate surface area is 170 Å². The molecule has 0 unspecified atom stereocenters. The summed E-state index contributed by atoms with van der Waals surface area (Å²) in [5.41, 5.74) is 7.82. The van der Waals surface area contributed by atoms with Crippen LogP contribution < -0.4 is 11.1 Å². The van der Waals surface area contributed by atoms with Crippen LogP contribution in [0.5, 0.6) is 0 Å². The molecule has 3 N–H and O–H groups in total. The number of rotatable bonds is 4. The minimum Gasteiger partial charge on any atom is -0.338 e. The summed E-state index contributed by atoms with van der Waals surface area (Å²) >= 11 is 5.96. The van der Waals surface area contributed by atoms with E-state index in [0.29, 0.717) is 36.8 Å². The normalized spacial score (nSPS) is 17.9. The van der Waals surface area contributed by atoms with E-state index in [1.165, 1.54) is 0 Å². The Morgan fingerprint density at radius 1 is 1.18 bits per heavy atom. The van der Waals surface area contributed by atoms with Gasteiger partial charge in [0.2, 0.25) is 5.91 Å². The van der Waals surface area contributed by atoms with E-state index in [0.717, 1.165) is 5.56 Å². The number of amides is 3. The van der Waals surface area contributed by atoms with Gasteiger partial charge in [-0.1, -0.05) is 48.0 Å². The van der Waals surface area contributed by atoms with Gasteiger partial charge in [-0.3, -0.25) is 4.79 Å². The lowest BCUT2D eigenvalue weighted by Gasteiger charge is -2.40. The molecule has 2 aromatic carbocycles. The number of carbonyl (C=O) groups is 2. The van der Waals surface area contributed by atoms with Gasteiger partial charge >= 0.3 is 6.03 Å². The van der Waals surface area contributed by atoms with Crippen LogP contribution in [0.2, 0.25) is 5.02 Å². The van der Waals surface area contributed by atoms with Gasteiger partial charge in [0.25, 0.3) is 0 Å². The lowest BCUT2D eigenvalue weighted by molar-refractivity contribution is -0.134. The van der Waals surface area contributed by atoms with Crippen molar-refractivity contribution in [3.63, 3.8) is 0 Å². The van der Waals surface area contributed by atoms with Crippen LogP contribution in [-0.4, -0.2) is 53.5 Å². The van der Waals surface area contributed by atoms with Crippen molar-refractivity contribution in [3.8, 4) is 0 Å². The summed E-state index contributed by atoms with van der Waals surface area (Å²) in [5, 5.41) is 3.42. The first-order valence-corrected chi connectivity index (χ1v) is 9.73. The molecule has 7 heteroatoms. The molecule has 148 valence electrons. The Morgan fingerprint density at radius 3 is 2.61 bits per heavy atom. The van der Waals surface area contributed by atoms with E-state index in [1.54, 1.807) is 34.1 Å². The molecule has 6 nitrogen and oxygen atoms in total. The van der Waals surface area contributed by atoms with Crippen molar-refractivity contribution in [1.82, 2.24) is 9.80 Å². The second kappa shape index (κ2) is 9.08. The molecule has 0 radical (unpaired) electrons. The maximum absolute atomic E-state index is 12.7. The van der Waals surface area contributed by atoms with E-state index in [-0.39, 0.29) is 18.0 Å². The summed E-state index contributed by atoms with van der Waals surface area (Å²) in [5.74, 6) is -0.0781. The van der Waals surface area contributed by atoms with Gasteiger partial charge in [-0.2, -0.15) is 0 Å². The van der Waals surface area contributed by atoms with Crippen molar-refractivity contribution >= 4 is 29.2 Å². The third-order valence-electron chi connectivity index (χ3n) is 4.89. The molecule has 1 aliphatic rings. The van der Waals surface area contributed by atoms with Crippen molar-refractivity contribution in [1.29, 1.82) is 0 Å². The number of nitrogens with zero attached hydrogens (tertiary/aromatic N) is 2. The van der Waals surface area contributed by atoms with Crippen molar-refractivity contribution in [2.24, 2.45) is 5.73 Å². The summed E-state index contributed by atoms with van der Waals surface area (Å²) in [6.07, 6.45) is 0.503. The lowest BCUT2D eigenvalue weighted by atomic mass is 10.0. The van der Waals surface area contributed by atoms with Gasteiger partial charge in [0.1, 0.15) is 0 Å². The number of hydrogen-bond donors (Lipinski definition) is 2. The molecule has 0 saturated carbocycles. The molecule has 2 atom stereocenters. The Hall–Kier alpha value is -2.57. The van der Waals surface area contributed by atoms with E-state index < -0.39 is 6.04 Å². The highest BCUT2D eigenvalue weighted by Crippen LogP contribution is 2.17. The number of hydrogen-bond acceptors (Lipinski definition) is 3. The second-order valence-electron chi connectivity index (χ2n) is 7.06. The van der Waals surface area contributed by atoms with Crippen LogP contribution in [0.4, 0.5) is 10.5 Å². The van der Waals surface area contributed by atoms with Gasteiger partial charge in [-0.05, 0) is 37.1 Å². The van der Waals surface area contributed by atoms with Crippen LogP contribution in [0.1, 0.15) is 12.5 Å². The van der Waals surface area contributed by atoms with Crippen molar-refractivity contribution in [2.45, 2.75) is 25.4 Å². The SMILES string of the molecule is C[C@H]1CN(C(=O)[C@H](N)Cc2ccccc2)CCN1C(=O)Nc1cccc(Cl)c1. The molecule has 1 saturated heterocycles. The number of nitrogens with one attached hydrogen (secondary N) is 1. The highest BCUT2D eigenvalue weighted by atomic mass is 35.5. The topological polar surface area (TPSA) is 78.7 Å². The Morgan fingerprint density at radius 2 is 1.93 bits per heavy atom. The summed E-state index contributed by atoms with van der Waals surface area (Å²) in [6.45, 7) is 3.32. The van der Waals surface area contributed by atoms with Gasteiger partial charge < -0.3 is 20.9 Å². The minimum absolute atomic E-state index is 0.0781. The van der Waals surface area contributed by atoms with Gasteiger partial charge in [0, 0.05) is 36.4 Å². The highest BCUT2D eigenvalue weighted by molar-refractivity contribution is 6.30. The Kier molecular flexibility index (Phi) is 6.54. The number of urea groups is 1. The monoisotopic (exact) mass is 400 g/mol. The van der Waals surface area contributed by atoms with Crippen LogP contribution in [0.15, 0.2) is 54.6 Å². The second-order valence-corrected chi connectivity index (χ2v) is 7.50. The number of benzene rings is 2. The third-order valence-corrected chi connectivity index (χ3v) is 5.13. The third kappa shape index (κ3) is 5.03. The lowest BCUT2D eigenvalue weighted by Crippen LogP contribution is -2.59. The van der Waals surface area contributed by atoms with Crippen molar-refractivity contribution in [2.75, 3.05) is 25.0 Å². The molecule has 0 bridgehead atoms. The molecular weight excluding hydrogens is 376 g/mol.